The number of ether oxygens (including phenoxy) is 3. The van der Waals surface area contributed by atoms with Gasteiger partial charge in [0.25, 0.3) is 11.1 Å². The van der Waals surface area contributed by atoms with Crippen LogP contribution in [0.15, 0.2) is 57.9 Å². The fourth-order valence-corrected chi connectivity index (χ4v) is 4.80. The van der Waals surface area contributed by atoms with E-state index in [1.54, 1.807) is 48.5 Å². The van der Waals surface area contributed by atoms with Crippen molar-refractivity contribution in [2.75, 3.05) is 13.4 Å². The highest BCUT2D eigenvalue weighted by Crippen LogP contribution is 2.39. The normalized spacial score (nSPS) is 15.6. The Bertz CT molecular complexity index is 1400. The third-order valence-electron chi connectivity index (χ3n) is 5.78. The van der Waals surface area contributed by atoms with Crippen molar-refractivity contribution in [3.8, 4) is 22.8 Å². The Morgan fingerprint density at radius 2 is 1.86 bits per heavy atom. The minimum Gasteiger partial charge on any atom is -0.462 e. The van der Waals surface area contributed by atoms with Gasteiger partial charge in [-0.25, -0.2) is 4.79 Å². The fraction of sp³-hybridized carbons (Fsp3) is 0.222. The lowest BCUT2D eigenvalue weighted by Gasteiger charge is -2.14. The molecule has 2 aliphatic heterocycles. The first kappa shape index (κ1) is 25.0. The molecular formula is C27H22ClNO7S. The minimum absolute atomic E-state index is 0.00805. The first-order valence-corrected chi connectivity index (χ1v) is 12.8. The average Bonchev–Trinajstić information content (AvgIpc) is 3.61. The lowest BCUT2D eigenvalue weighted by molar-refractivity contribution is -0.123. The van der Waals surface area contributed by atoms with E-state index in [-0.39, 0.29) is 24.2 Å². The van der Waals surface area contributed by atoms with E-state index < -0.39 is 11.1 Å². The molecule has 37 heavy (non-hydrogen) atoms. The third-order valence-corrected chi connectivity index (χ3v) is 7.04. The molecule has 190 valence electrons. The number of esters is 1. The first-order chi connectivity index (χ1) is 17.9. The number of carbonyl (C=O) groups is 3. The minimum atomic E-state index is -0.437. The Kier molecular flexibility index (Phi) is 7.25. The number of thioether (sulfide) groups is 1. The summed E-state index contributed by atoms with van der Waals surface area (Å²) in [6.45, 7) is 2.53. The second-order valence-electron chi connectivity index (χ2n) is 8.33. The van der Waals surface area contributed by atoms with E-state index in [0.29, 0.717) is 45.8 Å². The van der Waals surface area contributed by atoms with E-state index in [1.807, 2.05) is 6.92 Å². The number of hydrogen-bond donors (Lipinski definition) is 0. The smallest absolute Gasteiger partial charge is 0.338 e. The number of hydrogen-bond acceptors (Lipinski definition) is 8. The molecule has 3 heterocycles. The fourth-order valence-electron chi connectivity index (χ4n) is 3.76. The van der Waals surface area contributed by atoms with E-state index in [0.717, 1.165) is 35.1 Å². The van der Waals surface area contributed by atoms with Crippen molar-refractivity contribution in [3.63, 3.8) is 0 Å². The van der Waals surface area contributed by atoms with Gasteiger partial charge in [-0.3, -0.25) is 14.5 Å². The first-order valence-electron chi connectivity index (χ1n) is 11.6. The zero-order valence-electron chi connectivity index (χ0n) is 19.8. The van der Waals surface area contributed by atoms with Gasteiger partial charge in [0.2, 0.25) is 6.79 Å². The number of rotatable bonds is 8. The SMILES string of the molecule is CCCCOC(=O)c1ccc(-c2ccc(/C=C3/SC(=O)N(Cc4cc5c(cc4Cl)OCO5)C3=O)o2)cc1. The number of halogens is 1. The second kappa shape index (κ2) is 10.7. The quantitative estimate of drug-likeness (QED) is 0.181. The highest BCUT2D eigenvalue weighted by atomic mass is 35.5. The highest BCUT2D eigenvalue weighted by Gasteiger charge is 2.36. The summed E-state index contributed by atoms with van der Waals surface area (Å²) in [5.74, 6) is 1.23. The highest BCUT2D eigenvalue weighted by molar-refractivity contribution is 8.18. The van der Waals surface area contributed by atoms with Gasteiger partial charge in [0, 0.05) is 22.7 Å². The van der Waals surface area contributed by atoms with Crippen LogP contribution in [0.2, 0.25) is 5.02 Å². The Labute approximate surface area is 222 Å². The molecule has 5 rings (SSSR count). The molecule has 3 aromatic rings. The van der Waals surface area contributed by atoms with Crippen LogP contribution in [-0.2, 0) is 16.1 Å². The van der Waals surface area contributed by atoms with E-state index in [2.05, 4.69) is 0 Å². The van der Waals surface area contributed by atoms with Crippen LogP contribution in [-0.4, -0.2) is 35.4 Å². The maximum Gasteiger partial charge on any atom is 0.338 e. The molecule has 0 unspecified atom stereocenters. The number of benzene rings is 2. The molecule has 2 amide bonds. The summed E-state index contributed by atoms with van der Waals surface area (Å²) >= 11 is 7.15. The Morgan fingerprint density at radius 3 is 2.62 bits per heavy atom. The molecule has 2 aliphatic rings. The lowest BCUT2D eigenvalue weighted by Crippen LogP contribution is -2.27. The largest absolute Gasteiger partial charge is 0.462 e. The lowest BCUT2D eigenvalue weighted by atomic mass is 10.1. The van der Waals surface area contributed by atoms with Gasteiger partial charge in [-0.1, -0.05) is 37.1 Å². The molecule has 10 heteroatoms. The predicted molar refractivity (Wildman–Crippen MR) is 138 cm³/mol. The summed E-state index contributed by atoms with van der Waals surface area (Å²) in [6, 6.07) is 13.6. The number of unbranched alkanes of at least 4 members (excludes halogenated alkanes) is 1. The molecule has 2 aromatic carbocycles. The summed E-state index contributed by atoms with van der Waals surface area (Å²) in [5, 5.41) is -0.0265. The van der Waals surface area contributed by atoms with Gasteiger partial charge in [-0.15, -0.1) is 0 Å². The van der Waals surface area contributed by atoms with Gasteiger partial charge in [-0.05, 0) is 54.1 Å². The van der Waals surface area contributed by atoms with Crippen molar-refractivity contribution in [1.29, 1.82) is 0 Å². The molecule has 1 saturated heterocycles. The zero-order chi connectivity index (χ0) is 25.9. The number of amides is 2. The molecular weight excluding hydrogens is 518 g/mol. The molecule has 1 fully saturated rings. The molecule has 0 aliphatic carbocycles. The maximum atomic E-state index is 13.0. The molecule has 0 atom stereocenters. The van der Waals surface area contributed by atoms with E-state index in [1.165, 1.54) is 6.08 Å². The van der Waals surface area contributed by atoms with Crippen molar-refractivity contribution in [1.82, 2.24) is 4.90 Å². The van der Waals surface area contributed by atoms with E-state index in [4.69, 9.17) is 30.2 Å². The molecule has 0 spiro atoms. The van der Waals surface area contributed by atoms with Crippen molar-refractivity contribution in [2.45, 2.75) is 26.3 Å². The molecule has 0 N–H and O–H groups in total. The Balaban J connectivity index is 1.27. The second-order valence-corrected chi connectivity index (χ2v) is 9.73. The van der Waals surface area contributed by atoms with Crippen LogP contribution in [0.3, 0.4) is 0 Å². The summed E-state index contributed by atoms with van der Waals surface area (Å²) in [6.07, 6.45) is 3.31. The van der Waals surface area contributed by atoms with Gasteiger partial charge >= 0.3 is 5.97 Å². The van der Waals surface area contributed by atoms with Crippen LogP contribution in [0, 0.1) is 0 Å². The van der Waals surface area contributed by atoms with Crippen LogP contribution in [0.5, 0.6) is 11.5 Å². The summed E-state index contributed by atoms with van der Waals surface area (Å²) in [5.41, 5.74) is 1.80. The topological polar surface area (TPSA) is 95.3 Å². The van der Waals surface area contributed by atoms with Crippen molar-refractivity contribution >= 4 is 46.6 Å². The van der Waals surface area contributed by atoms with Gasteiger partial charge in [0.15, 0.2) is 11.5 Å². The van der Waals surface area contributed by atoms with Crippen molar-refractivity contribution in [2.24, 2.45) is 0 Å². The average molecular weight is 540 g/mol. The monoisotopic (exact) mass is 539 g/mol. The zero-order valence-corrected chi connectivity index (χ0v) is 21.4. The standard InChI is InChI=1S/C27H22ClNO7S/c1-2-3-10-33-26(31)17-6-4-16(5-7-17)21-9-8-19(36-21)12-24-25(30)29(27(32)37-24)14-18-11-22-23(13-20(18)28)35-15-34-22/h4-9,11-13H,2-3,10,14-15H2,1H3/b24-12+. The third kappa shape index (κ3) is 5.38. The van der Waals surface area contributed by atoms with E-state index >= 15 is 0 Å². The summed E-state index contributed by atoms with van der Waals surface area (Å²) < 4.78 is 21.8. The van der Waals surface area contributed by atoms with Crippen LogP contribution < -0.4 is 9.47 Å². The Morgan fingerprint density at radius 1 is 1.11 bits per heavy atom. The Hall–Kier alpha value is -3.69. The van der Waals surface area contributed by atoms with Crippen molar-refractivity contribution in [3.05, 3.63) is 75.3 Å². The van der Waals surface area contributed by atoms with Crippen LogP contribution >= 0.6 is 23.4 Å². The predicted octanol–water partition coefficient (Wildman–Crippen LogP) is 6.52. The molecule has 0 radical (unpaired) electrons. The van der Waals surface area contributed by atoms with Gasteiger partial charge < -0.3 is 18.6 Å². The molecule has 0 bridgehead atoms. The number of carbonyl (C=O) groups excluding carboxylic acids is 3. The van der Waals surface area contributed by atoms with Crippen LogP contribution in [0.1, 0.15) is 41.4 Å². The van der Waals surface area contributed by atoms with Gasteiger partial charge in [0.1, 0.15) is 11.5 Å². The molecule has 0 saturated carbocycles. The van der Waals surface area contributed by atoms with Crippen LogP contribution in [0.25, 0.3) is 17.4 Å². The molecule has 1 aromatic heterocycles. The molecule has 8 nitrogen and oxygen atoms in total. The number of fused-ring (bicyclic) bond motifs is 1. The van der Waals surface area contributed by atoms with E-state index in [9.17, 15) is 14.4 Å². The number of nitrogens with zero attached hydrogens (tertiary/aromatic N) is 1. The van der Waals surface area contributed by atoms with Crippen LogP contribution in [0.4, 0.5) is 4.79 Å². The van der Waals surface area contributed by atoms with Gasteiger partial charge in [0.05, 0.1) is 23.6 Å². The number of furan rings is 1. The summed E-state index contributed by atoms with van der Waals surface area (Å²) in [7, 11) is 0. The summed E-state index contributed by atoms with van der Waals surface area (Å²) in [4.78, 5) is 39.0. The van der Waals surface area contributed by atoms with Crippen molar-refractivity contribution < 1.29 is 33.0 Å². The maximum absolute atomic E-state index is 13.0. The van der Waals surface area contributed by atoms with Gasteiger partial charge in [-0.2, -0.15) is 0 Å². The number of imide groups is 1.